The van der Waals surface area contributed by atoms with E-state index < -0.39 is 0 Å². The summed E-state index contributed by atoms with van der Waals surface area (Å²) in [5.74, 6) is 0.434. The van der Waals surface area contributed by atoms with Gasteiger partial charge in [-0.05, 0) is 0 Å². The first-order valence-corrected chi connectivity index (χ1v) is 2.03. The minimum atomic E-state index is 0.0162. The van der Waals surface area contributed by atoms with E-state index in [1.165, 1.54) is 0 Å². The van der Waals surface area contributed by atoms with Gasteiger partial charge in [-0.25, -0.2) is 0 Å². The van der Waals surface area contributed by atoms with Crippen LogP contribution in [0.3, 0.4) is 0 Å². The minimum Gasteiger partial charge on any atom is -0.413 e. The molecule has 4 heteroatoms. The fourth-order valence-corrected chi connectivity index (χ4v) is 0.342. The van der Waals surface area contributed by atoms with Crippen molar-refractivity contribution in [3.05, 3.63) is 11.8 Å². The fourth-order valence-electron chi connectivity index (χ4n) is 0.342. The lowest BCUT2D eigenvalue weighted by atomic mass is 10.8. The molecule has 1 aromatic rings. The van der Waals surface area contributed by atoms with Crippen LogP contribution in [0.1, 0.15) is 11.8 Å². The molecule has 0 unspecified atom stereocenters. The average Bonchev–Trinajstić information content (AvgIpc) is 2.14. The first kappa shape index (κ1) is 4.78. The molecule has 0 saturated heterocycles. The predicted octanol–water partition coefficient (Wildman–Crippen LogP) is 0.250. The molecule has 0 aliphatic carbocycles. The second-order valence-corrected chi connectivity index (χ2v) is 1.24. The number of nitriles is 1. The van der Waals surface area contributed by atoms with Crippen molar-refractivity contribution in [1.82, 2.24) is 10.2 Å². The zero-order chi connectivity index (χ0) is 5.98. The summed E-state index contributed by atoms with van der Waals surface area (Å²) in [4.78, 5) is 0. The molecule has 8 heavy (non-hydrogen) atoms. The standard InChI is InChI=1S/C4H3N3O/c1-3-6-7-4(2-5)8-3/h1H3. The van der Waals surface area contributed by atoms with E-state index in [9.17, 15) is 0 Å². The molecule has 0 bridgehead atoms. The number of hydrogen-bond donors (Lipinski definition) is 0. The Hall–Kier alpha value is -1.37. The predicted molar refractivity (Wildman–Crippen MR) is 23.7 cm³/mol. The third-order valence-corrected chi connectivity index (χ3v) is 0.622. The lowest BCUT2D eigenvalue weighted by Crippen LogP contribution is -1.69. The molecule has 0 aliphatic heterocycles. The molecule has 1 aromatic heterocycles. The van der Waals surface area contributed by atoms with Crippen LogP contribution < -0.4 is 0 Å². The third-order valence-electron chi connectivity index (χ3n) is 0.622. The Kier molecular flexibility index (Phi) is 0.968. The van der Waals surface area contributed by atoms with Gasteiger partial charge in [0.1, 0.15) is 0 Å². The van der Waals surface area contributed by atoms with Gasteiger partial charge >= 0.3 is 5.89 Å². The maximum Gasteiger partial charge on any atom is 0.321 e. The van der Waals surface area contributed by atoms with Gasteiger partial charge in [0.25, 0.3) is 0 Å². The Balaban J connectivity index is 3.05. The number of hydrogen-bond acceptors (Lipinski definition) is 4. The van der Waals surface area contributed by atoms with Crippen LogP contribution in [0.2, 0.25) is 0 Å². The van der Waals surface area contributed by atoms with Crippen LogP contribution in [0.5, 0.6) is 0 Å². The smallest absolute Gasteiger partial charge is 0.321 e. The Morgan fingerprint density at radius 1 is 1.62 bits per heavy atom. The molecule has 0 fully saturated rings. The van der Waals surface area contributed by atoms with Crippen LogP contribution in [0.4, 0.5) is 0 Å². The molecule has 0 aromatic carbocycles. The van der Waals surface area contributed by atoms with E-state index in [0.29, 0.717) is 5.89 Å². The summed E-state index contributed by atoms with van der Waals surface area (Å²) >= 11 is 0. The highest BCUT2D eigenvalue weighted by molar-refractivity contribution is 5.01. The largest absolute Gasteiger partial charge is 0.413 e. The summed E-state index contributed by atoms with van der Waals surface area (Å²) < 4.78 is 4.65. The van der Waals surface area contributed by atoms with Gasteiger partial charge in [-0.2, -0.15) is 5.26 Å². The van der Waals surface area contributed by atoms with Crippen LogP contribution in [-0.2, 0) is 0 Å². The van der Waals surface area contributed by atoms with Crippen molar-refractivity contribution >= 4 is 0 Å². The van der Waals surface area contributed by atoms with Crippen LogP contribution >= 0.6 is 0 Å². The molecule has 0 aliphatic rings. The van der Waals surface area contributed by atoms with E-state index in [1.54, 1.807) is 13.0 Å². The van der Waals surface area contributed by atoms with Crippen LogP contribution in [0, 0.1) is 18.3 Å². The number of nitrogens with zero attached hydrogens (tertiary/aromatic N) is 3. The highest BCUT2D eigenvalue weighted by atomic mass is 16.4. The highest BCUT2D eigenvalue weighted by Gasteiger charge is 1.95. The van der Waals surface area contributed by atoms with E-state index in [-0.39, 0.29) is 5.89 Å². The number of rotatable bonds is 0. The molecular formula is C4H3N3O. The molecular weight excluding hydrogens is 106 g/mol. The van der Waals surface area contributed by atoms with Crippen LogP contribution in [0.25, 0.3) is 0 Å². The van der Waals surface area contributed by atoms with Crippen LogP contribution in [0.15, 0.2) is 4.42 Å². The quantitative estimate of drug-likeness (QED) is 0.479. The van der Waals surface area contributed by atoms with Crippen molar-refractivity contribution in [1.29, 1.82) is 5.26 Å². The highest BCUT2D eigenvalue weighted by Crippen LogP contribution is 1.92. The van der Waals surface area contributed by atoms with Crippen molar-refractivity contribution in [2.75, 3.05) is 0 Å². The topological polar surface area (TPSA) is 62.7 Å². The zero-order valence-corrected chi connectivity index (χ0v) is 4.25. The van der Waals surface area contributed by atoms with Gasteiger partial charge in [-0.15, -0.1) is 5.10 Å². The van der Waals surface area contributed by atoms with Gasteiger partial charge in [0.05, 0.1) is 0 Å². The van der Waals surface area contributed by atoms with E-state index in [4.69, 9.17) is 5.26 Å². The van der Waals surface area contributed by atoms with Crippen molar-refractivity contribution < 1.29 is 4.42 Å². The molecule has 0 amide bonds. The first-order chi connectivity index (χ1) is 3.83. The number of aromatic nitrogens is 2. The lowest BCUT2D eigenvalue weighted by Gasteiger charge is -1.68. The molecule has 4 nitrogen and oxygen atoms in total. The normalized spacial score (nSPS) is 8.50. The van der Waals surface area contributed by atoms with Gasteiger partial charge in [-0.1, -0.05) is 5.10 Å². The van der Waals surface area contributed by atoms with Crippen molar-refractivity contribution in [2.24, 2.45) is 0 Å². The summed E-state index contributed by atoms with van der Waals surface area (Å²) in [6.07, 6.45) is 0. The first-order valence-electron chi connectivity index (χ1n) is 2.03. The Morgan fingerprint density at radius 2 is 2.38 bits per heavy atom. The SMILES string of the molecule is Cc1nnc(C#N)o1. The average molecular weight is 109 g/mol. The maximum absolute atomic E-state index is 8.10. The lowest BCUT2D eigenvalue weighted by molar-refractivity contribution is 0.506. The van der Waals surface area contributed by atoms with E-state index >= 15 is 0 Å². The maximum atomic E-state index is 8.10. The molecule has 0 radical (unpaired) electrons. The van der Waals surface area contributed by atoms with Gasteiger partial charge < -0.3 is 4.42 Å². The summed E-state index contributed by atoms with van der Waals surface area (Å²) in [5, 5.41) is 14.9. The number of aryl methyl sites for hydroxylation is 1. The molecule has 40 valence electrons. The third kappa shape index (κ3) is 0.658. The fraction of sp³-hybridized carbons (Fsp3) is 0.250. The molecule has 0 atom stereocenters. The molecule has 0 N–H and O–H groups in total. The Bertz CT molecular complexity index is 221. The molecule has 1 rings (SSSR count). The zero-order valence-electron chi connectivity index (χ0n) is 4.25. The van der Waals surface area contributed by atoms with Crippen molar-refractivity contribution in [3.63, 3.8) is 0 Å². The summed E-state index contributed by atoms with van der Waals surface area (Å²) in [5.41, 5.74) is 0. The van der Waals surface area contributed by atoms with Crippen molar-refractivity contribution in [3.8, 4) is 6.07 Å². The second-order valence-electron chi connectivity index (χ2n) is 1.24. The molecule has 0 spiro atoms. The van der Waals surface area contributed by atoms with Gasteiger partial charge in [0.15, 0.2) is 6.07 Å². The van der Waals surface area contributed by atoms with E-state index in [0.717, 1.165) is 0 Å². The second kappa shape index (κ2) is 1.62. The monoisotopic (exact) mass is 109 g/mol. The van der Waals surface area contributed by atoms with Crippen LogP contribution in [-0.4, -0.2) is 10.2 Å². The van der Waals surface area contributed by atoms with Crippen molar-refractivity contribution in [2.45, 2.75) is 6.92 Å². The van der Waals surface area contributed by atoms with Gasteiger partial charge in [0, 0.05) is 6.92 Å². The molecule has 1 heterocycles. The van der Waals surface area contributed by atoms with E-state index in [1.807, 2.05) is 0 Å². The molecule has 0 saturated carbocycles. The summed E-state index contributed by atoms with van der Waals surface area (Å²) in [6, 6.07) is 1.71. The minimum absolute atomic E-state index is 0.0162. The Morgan fingerprint density at radius 3 is 2.62 bits per heavy atom. The van der Waals surface area contributed by atoms with Gasteiger partial charge in [0.2, 0.25) is 5.89 Å². The van der Waals surface area contributed by atoms with E-state index in [2.05, 4.69) is 14.6 Å². The summed E-state index contributed by atoms with van der Waals surface area (Å²) in [6.45, 7) is 1.63. The Labute approximate surface area is 45.8 Å². The summed E-state index contributed by atoms with van der Waals surface area (Å²) in [7, 11) is 0. The van der Waals surface area contributed by atoms with Gasteiger partial charge in [-0.3, -0.25) is 0 Å².